The van der Waals surface area contributed by atoms with E-state index < -0.39 is 5.60 Å². The van der Waals surface area contributed by atoms with Gasteiger partial charge in [0.1, 0.15) is 5.60 Å². The molecule has 0 aromatic heterocycles. The highest BCUT2D eigenvalue weighted by Gasteiger charge is 2.16. The van der Waals surface area contributed by atoms with Gasteiger partial charge in [0.15, 0.2) is 0 Å². The van der Waals surface area contributed by atoms with Crippen LogP contribution in [0.15, 0.2) is 23.1 Å². The zero-order valence-corrected chi connectivity index (χ0v) is 12.1. The molecule has 0 unspecified atom stereocenters. The van der Waals surface area contributed by atoms with E-state index in [0.29, 0.717) is 5.75 Å². The van der Waals surface area contributed by atoms with Crippen molar-refractivity contribution in [2.75, 3.05) is 5.75 Å². The van der Waals surface area contributed by atoms with Gasteiger partial charge >= 0.3 is 5.97 Å². The first-order valence-corrected chi connectivity index (χ1v) is 6.85. The van der Waals surface area contributed by atoms with Crippen LogP contribution in [0.1, 0.15) is 31.9 Å². The predicted octanol–water partition coefficient (Wildman–Crippen LogP) is 2.92. The third-order valence-corrected chi connectivity index (χ3v) is 3.23. The summed E-state index contributed by atoms with van der Waals surface area (Å²) in [5.41, 5.74) is 1.51. The maximum atomic E-state index is 11.6. The van der Waals surface area contributed by atoms with Crippen LogP contribution in [0.3, 0.4) is 0 Å². The van der Waals surface area contributed by atoms with Gasteiger partial charge in [0.2, 0.25) is 0 Å². The lowest BCUT2D eigenvalue weighted by Gasteiger charge is -2.19. The number of carbonyl (C=O) groups excluding carboxylic acids is 1. The summed E-state index contributed by atoms with van der Waals surface area (Å²) in [5, 5.41) is 9.07. The summed E-state index contributed by atoms with van der Waals surface area (Å²) in [5.74, 6) is 0.0891. The van der Waals surface area contributed by atoms with E-state index in [9.17, 15) is 4.79 Å². The van der Waals surface area contributed by atoms with Crippen LogP contribution in [0.4, 0.5) is 0 Å². The van der Waals surface area contributed by atoms with Gasteiger partial charge in [0.25, 0.3) is 0 Å². The van der Waals surface area contributed by atoms with Crippen molar-refractivity contribution in [2.24, 2.45) is 0 Å². The number of aliphatic hydroxyl groups is 1. The van der Waals surface area contributed by atoms with Gasteiger partial charge in [0.05, 0.1) is 12.4 Å². The summed E-state index contributed by atoms with van der Waals surface area (Å²) in [6.07, 6.45) is 0. The molecular weight excluding hydrogens is 248 g/mol. The van der Waals surface area contributed by atoms with E-state index in [2.05, 4.69) is 0 Å². The molecule has 0 radical (unpaired) electrons. The molecule has 4 heteroatoms. The molecular formula is C14H20O3S. The number of ether oxygens (including phenoxy) is 1. The standard InChI is InChI=1S/C14H20O3S/c1-10-7-12(6-5-11(10)8-15)18-9-13(16)17-14(2,3)4/h5-7,15H,8-9H2,1-4H3. The van der Waals surface area contributed by atoms with E-state index in [1.807, 2.05) is 45.9 Å². The van der Waals surface area contributed by atoms with Crippen molar-refractivity contribution >= 4 is 17.7 Å². The van der Waals surface area contributed by atoms with Gasteiger partial charge in [0, 0.05) is 4.90 Å². The van der Waals surface area contributed by atoms with E-state index in [0.717, 1.165) is 16.0 Å². The van der Waals surface area contributed by atoms with Crippen molar-refractivity contribution in [1.29, 1.82) is 0 Å². The number of hydrogen-bond acceptors (Lipinski definition) is 4. The Labute approximate surface area is 113 Å². The average molecular weight is 268 g/mol. The van der Waals surface area contributed by atoms with Crippen LogP contribution in [0.25, 0.3) is 0 Å². The normalized spacial score (nSPS) is 11.4. The number of hydrogen-bond donors (Lipinski definition) is 1. The molecule has 100 valence electrons. The molecule has 0 spiro atoms. The minimum Gasteiger partial charge on any atom is -0.459 e. The largest absolute Gasteiger partial charge is 0.459 e. The second-order valence-electron chi connectivity index (χ2n) is 5.12. The van der Waals surface area contributed by atoms with E-state index in [1.165, 1.54) is 11.8 Å². The van der Waals surface area contributed by atoms with Crippen molar-refractivity contribution in [3.63, 3.8) is 0 Å². The molecule has 0 bridgehead atoms. The fraction of sp³-hybridized carbons (Fsp3) is 0.500. The first kappa shape index (κ1) is 15.1. The van der Waals surface area contributed by atoms with E-state index in [4.69, 9.17) is 9.84 Å². The SMILES string of the molecule is Cc1cc(SCC(=O)OC(C)(C)C)ccc1CO. The number of thioether (sulfide) groups is 1. The highest BCUT2D eigenvalue weighted by atomic mass is 32.2. The van der Waals surface area contributed by atoms with Gasteiger partial charge in [-0.3, -0.25) is 4.79 Å². The Bertz CT molecular complexity index is 422. The molecule has 18 heavy (non-hydrogen) atoms. The maximum Gasteiger partial charge on any atom is 0.316 e. The van der Waals surface area contributed by atoms with Crippen molar-refractivity contribution in [1.82, 2.24) is 0 Å². The molecule has 0 fully saturated rings. The van der Waals surface area contributed by atoms with Crippen LogP contribution in [0, 0.1) is 6.92 Å². The molecule has 0 aliphatic heterocycles. The maximum absolute atomic E-state index is 11.6. The Morgan fingerprint density at radius 2 is 2.06 bits per heavy atom. The fourth-order valence-electron chi connectivity index (χ4n) is 1.45. The third-order valence-electron chi connectivity index (χ3n) is 2.26. The molecule has 0 heterocycles. The molecule has 0 aliphatic rings. The van der Waals surface area contributed by atoms with Crippen LogP contribution in [-0.2, 0) is 16.1 Å². The Morgan fingerprint density at radius 1 is 1.39 bits per heavy atom. The summed E-state index contributed by atoms with van der Waals surface area (Å²) < 4.78 is 5.23. The molecule has 3 nitrogen and oxygen atoms in total. The first-order chi connectivity index (χ1) is 8.31. The molecule has 0 amide bonds. The number of benzene rings is 1. The first-order valence-electron chi connectivity index (χ1n) is 5.87. The number of aryl methyl sites for hydroxylation is 1. The van der Waals surface area contributed by atoms with Crippen molar-refractivity contribution in [2.45, 2.75) is 44.8 Å². The molecule has 1 aromatic rings. The van der Waals surface area contributed by atoms with Crippen LogP contribution >= 0.6 is 11.8 Å². The molecule has 0 saturated carbocycles. The van der Waals surface area contributed by atoms with Crippen LogP contribution < -0.4 is 0 Å². The molecule has 1 N–H and O–H groups in total. The highest BCUT2D eigenvalue weighted by Crippen LogP contribution is 2.22. The lowest BCUT2D eigenvalue weighted by atomic mass is 10.1. The quantitative estimate of drug-likeness (QED) is 0.673. The number of carbonyl (C=O) groups is 1. The summed E-state index contributed by atoms with van der Waals surface area (Å²) in [4.78, 5) is 12.6. The van der Waals surface area contributed by atoms with Crippen molar-refractivity contribution in [3.05, 3.63) is 29.3 Å². The fourth-order valence-corrected chi connectivity index (χ4v) is 2.22. The number of aliphatic hydroxyl groups excluding tert-OH is 1. The zero-order chi connectivity index (χ0) is 13.8. The van der Waals surface area contributed by atoms with Gasteiger partial charge < -0.3 is 9.84 Å². The van der Waals surface area contributed by atoms with Crippen LogP contribution in [0.5, 0.6) is 0 Å². The van der Waals surface area contributed by atoms with Crippen LogP contribution in [0.2, 0.25) is 0 Å². The van der Waals surface area contributed by atoms with Gasteiger partial charge in [-0.25, -0.2) is 0 Å². The number of rotatable bonds is 4. The van der Waals surface area contributed by atoms with E-state index in [1.54, 1.807) is 0 Å². The molecule has 1 rings (SSSR count). The Kier molecular flexibility index (Phi) is 5.23. The summed E-state index contributed by atoms with van der Waals surface area (Å²) in [7, 11) is 0. The van der Waals surface area contributed by atoms with Crippen molar-refractivity contribution < 1.29 is 14.6 Å². The van der Waals surface area contributed by atoms with Gasteiger partial charge in [-0.05, 0) is 51.0 Å². The second-order valence-corrected chi connectivity index (χ2v) is 6.17. The minimum absolute atomic E-state index is 0.0445. The van der Waals surface area contributed by atoms with E-state index in [-0.39, 0.29) is 12.6 Å². The summed E-state index contributed by atoms with van der Waals surface area (Å²) in [6, 6.07) is 5.76. The summed E-state index contributed by atoms with van der Waals surface area (Å²) in [6.45, 7) is 7.56. The molecule has 0 saturated heterocycles. The number of esters is 1. The lowest BCUT2D eigenvalue weighted by Crippen LogP contribution is -2.24. The second kappa shape index (κ2) is 6.25. The minimum atomic E-state index is -0.436. The Hall–Kier alpha value is -1.00. The smallest absolute Gasteiger partial charge is 0.316 e. The highest BCUT2D eigenvalue weighted by molar-refractivity contribution is 8.00. The summed E-state index contributed by atoms with van der Waals surface area (Å²) >= 11 is 1.45. The topological polar surface area (TPSA) is 46.5 Å². The van der Waals surface area contributed by atoms with Gasteiger partial charge in [-0.15, -0.1) is 11.8 Å². The average Bonchev–Trinajstić information content (AvgIpc) is 2.24. The monoisotopic (exact) mass is 268 g/mol. The lowest BCUT2D eigenvalue weighted by molar-refractivity contribution is -0.151. The van der Waals surface area contributed by atoms with Crippen molar-refractivity contribution in [3.8, 4) is 0 Å². The zero-order valence-electron chi connectivity index (χ0n) is 11.3. The third kappa shape index (κ3) is 5.10. The molecule has 1 aromatic carbocycles. The van der Waals surface area contributed by atoms with E-state index >= 15 is 0 Å². The Balaban J connectivity index is 2.54. The van der Waals surface area contributed by atoms with Gasteiger partial charge in [-0.2, -0.15) is 0 Å². The predicted molar refractivity (Wildman–Crippen MR) is 73.7 cm³/mol. The molecule has 0 atom stereocenters. The van der Waals surface area contributed by atoms with Crippen LogP contribution in [-0.4, -0.2) is 22.4 Å². The van der Waals surface area contributed by atoms with Gasteiger partial charge in [-0.1, -0.05) is 6.07 Å². The Morgan fingerprint density at radius 3 is 2.56 bits per heavy atom. The molecule has 0 aliphatic carbocycles.